The van der Waals surface area contributed by atoms with Crippen LogP contribution in [0.1, 0.15) is 64.2 Å². The molecule has 0 aromatic rings. The molecule has 1 aliphatic heterocycles. The standard InChI is InChI=1S/C16H28FN/c17-15-9-7-13(8-10-15)12-18-11-3-5-14-4-1-2-6-16(14)18/h13-16H,1-12H2/p+1. The molecule has 0 radical (unpaired) electrons. The summed E-state index contributed by atoms with van der Waals surface area (Å²) in [7, 11) is 0. The molecule has 0 spiro atoms. The third kappa shape index (κ3) is 2.89. The van der Waals surface area contributed by atoms with Gasteiger partial charge in [-0.2, -0.15) is 0 Å². The van der Waals surface area contributed by atoms with Crippen LogP contribution in [-0.4, -0.2) is 25.3 Å². The van der Waals surface area contributed by atoms with E-state index >= 15 is 0 Å². The summed E-state index contributed by atoms with van der Waals surface area (Å²) in [6, 6.07) is 0.968. The lowest BCUT2D eigenvalue weighted by Crippen LogP contribution is -3.18. The number of likely N-dealkylation sites (tertiary alicyclic amines) is 1. The predicted octanol–water partition coefficient (Wildman–Crippen LogP) is 2.75. The van der Waals surface area contributed by atoms with Crippen molar-refractivity contribution in [3.63, 3.8) is 0 Å². The maximum atomic E-state index is 13.2. The lowest BCUT2D eigenvalue weighted by atomic mass is 9.77. The number of halogens is 1. The third-order valence-corrected chi connectivity index (χ3v) is 5.83. The van der Waals surface area contributed by atoms with Gasteiger partial charge < -0.3 is 4.90 Å². The summed E-state index contributed by atoms with van der Waals surface area (Å²) >= 11 is 0. The molecule has 2 aliphatic carbocycles. The first-order valence-electron chi connectivity index (χ1n) is 8.31. The maximum Gasteiger partial charge on any atom is 0.100 e. The Kier molecular flexibility index (Phi) is 4.23. The Morgan fingerprint density at radius 3 is 2.39 bits per heavy atom. The van der Waals surface area contributed by atoms with Crippen LogP contribution in [0.4, 0.5) is 4.39 Å². The van der Waals surface area contributed by atoms with Gasteiger partial charge in [0.25, 0.3) is 0 Å². The van der Waals surface area contributed by atoms with Crippen LogP contribution in [0, 0.1) is 11.8 Å². The summed E-state index contributed by atoms with van der Waals surface area (Å²) < 4.78 is 13.2. The Bertz CT molecular complexity index is 258. The van der Waals surface area contributed by atoms with E-state index in [9.17, 15) is 4.39 Å². The number of rotatable bonds is 2. The number of nitrogens with one attached hydrogen (secondary N) is 1. The minimum Gasteiger partial charge on any atom is -0.332 e. The summed E-state index contributed by atoms with van der Waals surface area (Å²) in [6.45, 7) is 2.75. The SMILES string of the molecule is FC1CCC(C[NH+]2CCCC3CCCCC32)CC1. The smallest absolute Gasteiger partial charge is 0.100 e. The van der Waals surface area contributed by atoms with E-state index < -0.39 is 6.17 Å². The first-order chi connectivity index (χ1) is 8.83. The molecule has 2 heteroatoms. The summed E-state index contributed by atoms with van der Waals surface area (Å²) in [5, 5.41) is 0. The van der Waals surface area contributed by atoms with Crippen molar-refractivity contribution < 1.29 is 9.29 Å². The average molecular weight is 254 g/mol. The summed E-state index contributed by atoms with van der Waals surface area (Å²) in [4.78, 5) is 1.90. The third-order valence-electron chi connectivity index (χ3n) is 5.83. The first kappa shape index (κ1) is 12.9. The first-order valence-corrected chi connectivity index (χ1v) is 8.31. The van der Waals surface area contributed by atoms with Crippen LogP contribution in [0.15, 0.2) is 0 Å². The van der Waals surface area contributed by atoms with Gasteiger partial charge in [0, 0.05) is 11.8 Å². The average Bonchev–Trinajstić information content (AvgIpc) is 2.42. The molecule has 1 saturated heterocycles. The van der Waals surface area contributed by atoms with Crippen molar-refractivity contribution in [2.75, 3.05) is 13.1 Å². The van der Waals surface area contributed by atoms with E-state index in [2.05, 4.69) is 0 Å². The van der Waals surface area contributed by atoms with Crippen molar-refractivity contribution in [2.24, 2.45) is 11.8 Å². The van der Waals surface area contributed by atoms with Crippen LogP contribution in [0.2, 0.25) is 0 Å². The molecule has 2 saturated carbocycles. The molecule has 3 atom stereocenters. The molecular weight excluding hydrogens is 225 g/mol. The zero-order chi connectivity index (χ0) is 12.4. The molecule has 3 rings (SSSR count). The molecule has 3 fully saturated rings. The molecule has 3 aliphatic rings. The van der Waals surface area contributed by atoms with Crippen LogP contribution < -0.4 is 4.90 Å². The van der Waals surface area contributed by atoms with E-state index in [4.69, 9.17) is 0 Å². The molecule has 104 valence electrons. The highest BCUT2D eigenvalue weighted by Gasteiger charge is 2.37. The fourth-order valence-electron chi connectivity index (χ4n) is 4.82. The Hall–Kier alpha value is -0.110. The van der Waals surface area contributed by atoms with E-state index in [1.807, 2.05) is 4.90 Å². The van der Waals surface area contributed by atoms with Gasteiger partial charge in [-0.3, -0.25) is 0 Å². The van der Waals surface area contributed by atoms with Gasteiger partial charge in [-0.05, 0) is 57.8 Å². The number of quaternary nitrogens is 1. The second-order valence-electron chi connectivity index (χ2n) is 7.02. The van der Waals surface area contributed by atoms with Gasteiger partial charge in [-0.25, -0.2) is 4.39 Å². The Balaban J connectivity index is 1.54. The van der Waals surface area contributed by atoms with Gasteiger partial charge in [-0.15, -0.1) is 0 Å². The number of alkyl halides is 1. The molecule has 0 aromatic carbocycles. The molecule has 18 heavy (non-hydrogen) atoms. The maximum absolute atomic E-state index is 13.2. The van der Waals surface area contributed by atoms with E-state index in [0.717, 1.165) is 43.6 Å². The molecule has 3 unspecified atom stereocenters. The monoisotopic (exact) mass is 254 g/mol. The number of hydrogen-bond acceptors (Lipinski definition) is 0. The molecule has 1 N–H and O–H groups in total. The Morgan fingerprint density at radius 2 is 1.56 bits per heavy atom. The van der Waals surface area contributed by atoms with E-state index in [1.54, 1.807) is 0 Å². The van der Waals surface area contributed by atoms with Crippen molar-refractivity contribution in [2.45, 2.75) is 76.4 Å². The van der Waals surface area contributed by atoms with Crippen molar-refractivity contribution in [3.05, 3.63) is 0 Å². The molecule has 1 heterocycles. The predicted molar refractivity (Wildman–Crippen MR) is 72.5 cm³/mol. The van der Waals surface area contributed by atoms with Crippen molar-refractivity contribution in [3.8, 4) is 0 Å². The van der Waals surface area contributed by atoms with Crippen LogP contribution in [0.25, 0.3) is 0 Å². The normalized spacial score (nSPS) is 45.5. The zero-order valence-electron chi connectivity index (χ0n) is 11.7. The molecular formula is C16H29FN+. The minimum absolute atomic E-state index is 0.486. The highest BCUT2D eigenvalue weighted by molar-refractivity contribution is 4.79. The Labute approximate surface area is 111 Å². The molecule has 0 bridgehead atoms. The van der Waals surface area contributed by atoms with Gasteiger partial charge in [0.1, 0.15) is 6.17 Å². The molecule has 0 amide bonds. The second kappa shape index (κ2) is 5.90. The minimum atomic E-state index is -0.486. The van der Waals surface area contributed by atoms with Crippen LogP contribution >= 0.6 is 0 Å². The van der Waals surface area contributed by atoms with Gasteiger partial charge in [0.15, 0.2) is 0 Å². The van der Waals surface area contributed by atoms with Crippen LogP contribution in [-0.2, 0) is 0 Å². The second-order valence-corrected chi connectivity index (χ2v) is 7.02. The number of piperidine rings is 1. The van der Waals surface area contributed by atoms with Gasteiger partial charge in [0.2, 0.25) is 0 Å². The molecule has 0 aromatic heterocycles. The number of fused-ring (bicyclic) bond motifs is 1. The highest BCUT2D eigenvalue weighted by atomic mass is 19.1. The highest BCUT2D eigenvalue weighted by Crippen LogP contribution is 2.29. The molecule has 1 nitrogen and oxygen atoms in total. The topological polar surface area (TPSA) is 4.44 Å². The summed E-state index contributed by atoms with van der Waals surface area (Å²) in [5.41, 5.74) is 0. The summed E-state index contributed by atoms with van der Waals surface area (Å²) in [5.74, 6) is 1.85. The fourth-order valence-corrected chi connectivity index (χ4v) is 4.82. The zero-order valence-corrected chi connectivity index (χ0v) is 11.7. The lowest BCUT2D eigenvalue weighted by molar-refractivity contribution is -0.939. The van der Waals surface area contributed by atoms with Crippen molar-refractivity contribution in [1.29, 1.82) is 0 Å². The summed E-state index contributed by atoms with van der Waals surface area (Å²) in [6.07, 6.45) is 12.3. The van der Waals surface area contributed by atoms with E-state index in [1.165, 1.54) is 51.6 Å². The van der Waals surface area contributed by atoms with Gasteiger partial charge >= 0.3 is 0 Å². The number of hydrogen-bond donors (Lipinski definition) is 1. The largest absolute Gasteiger partial charge is 0.332 e. The van der Waals surface area contributed by atoms with Crippen molar-refractivity contribution in [1.82, 2.24) is 0 Å². The van der Waals surface area contributed by atoms with E-state index in [-0.39, 0.29) is 0 Å². The quantitative estimate of drug-likeness (QED) is 0.773. The van der Waals surface area contributed by atoms with Crippen molar-refractivity contribution >= 4 is 0 Å². The van der Waals surface area contributed by atoms with Crippen LogP contribution in [0.3, 0.4) is 0 Å². The van der Waals surface area contributed by atoms with Gasteiger partial charge in [-0.1, -0.05) is 6.42 Å². The van der Waals surface area contributed by atoms with E-state index in [0.29, 0.717) is 0 Å². The Morgan fingerprint density at radius 1 is 0.833 bits per heavy atom. The van der Waals surface area contributed by atoms with Crippen LogP contribution in [0.5, 0.6) is 0 Å². The lowest BCUT2D eigenvalue weighted by Gasteiger charge is -2.43. The fraction of sp³-hybridized carbons (Fsp3) is 1.00. The van der Waals surface area contributed by atoms with Gasteiger partial charge in [0.05, 0.1) is 19.1 Å².